The molecule has 0 aliphatic carbocycles. The summed E-state index contributed by atoms with van der Waals surface area (Å²) in [6, 6.07) is 24.3. The number of furan rings is 1. The topological polar surface area (TPSA) is 109 Å². The highest BCUT2D eigenvalue weighted by atomic mass is 16.6. The number of benzene rings is 3. The minimum absolute atomic E-state index is 0.0208. The molecule has 7 nitrogen and oxygen atoms in total. The minimum atomic E-state index is -0.550. The summed E-state index contributed by atoms with van der Waals surface area (Å²) in [5.41, 5.74) is 1.09. The van der Waals surface area contributed by atoms with Crippen LogP contribution in [0, 0.1) is 21.4 Å². The highest BCUT2D eigenvalue weighted by Gasteiger charge is 2.12. The van der Waals surface area contributed by atoms with Gasteiger partial charge in [-0.3, -0.25) is 14.9 Å². The van der Waals surface area contributed by atoms with Crippen molar-refractivity contribution < 1.29 is 14.1 Å². The number of amides is 1. The Morgan fingerprint density at radius 3 is 2.45 bits per heavy atom. The van der Waals surface area contributed by atoms with Crippen LogP contribution in [0.15, 0.2) is 88.9 Å². The summed E-state index contributed by atoms with van der Waals surface area (Å²) in [5.74, 6) is 0.234. The number of nitro benzene ring substituents is 1. The van der Waals surface area contributed by atoms with Gasteiger partial charge in [0.25, 0.3) is 11.6 Å². The smallest absolute Gasteiger partial charge is 0.269 e. The second kappa shape index (κ2) is 8.35. The Morgan fingerprint density at radius 1 is 1.00 bits per heavy atom. The Labute approximate surface area is 177 Å². The molecule has 0 atom stereocenters. The van der Waals surface area contributed by atoms with Crippen molar-refractivity contribution in [3.05, 3.63) is 100 Å². The van der Waals surface area contributed by atoms with Gasteiger partial charge in [0.05, 0.1) is 4.92 Å². The highest BCUT2D eigenvalue weighted by Crippen LogP contribution is 2.26. The van der Waals surface area contributed by atoms with Gasteiger partial charge in [-0.15, -0.1) is 0 Å². The number of nitrogens with one attached hydrogen (secondary N) is 1. The summed E-state index contributed by atoms with van der Waals surface area (Å²) in [4.78, 5) is 22.8. The first-order valence-corrected chi connectivity index (χ1v) is 9.30. The molecule has 150 valence electrons. The van der Waals surface area contributed by atoms with E-state index in [1.807, 2.05) is 42.5 Å². The number of nitrogens with zero attached hydrogens (tertiary/aromatic N) is 2. The van der Waals surface area contributed by atoms with E-state index in [9.17, 15) is 20.2 Å². The van der Waals surface area contributed by atoms with Crippen LogP contribution >= 0.6 is 0 Å². The first-order valence-electron chi connectivity index (χ1n) is 9.30. The SMILES string of the molecule is N#C/C(=C\c1ccc(-c2ccc([N+](=O)[O-])cc2)o1)C(=O)Nc1ccc2ccccc2c1. The fourth-order valence-corrected chi connectivity index (χ4v) is 3.09. The summed E-state index contributed by atoms with van der Waals surface area (Å²) in [6.07, 6.45) is 1.35. The molecule has 7 heteroatoms. The maximum atomic E-state index is 12.6. The first kappa shape index (κ1) is 19.6. The highest BCUT2D eigenvalue weighted by molar-refractivity contribution is 6.10. The predicted octanol–water partition coefficient (Wildman–Crippen LogP) is 5.55. The third-order valence-corrected chi connectivity index (χ3v) is 4.65. The molecule has 0 aliphatic rings. The minimum Gasteiger partial charge on any atom is -0.457 e. The zero-order valence-corrected chi connectivity index (χ0v) is 16.1. The van der Waals surface area contributed by atoms with Gasteiger partial charge in [0.2, 0.25) is 0 Å². The van der Waals surface area contributed by atoms with Gasteiger partial charge in [-0.1, -0.05) is 30.3 Å². The van der Waals surface area contributed by atoms with Crippen molar-refractivity contribution in [1.29, 1.82) is 5.26 Å². The number of carbonyl (C=O) groups excluding carboxylic acids is 1. The standard InChI is InChI=1S/C24H15N3O4/c25-15-19(24(28)26-20-8-5-16-3-1-2-4-18(16)13-20)14-22-11-12-23(31-22)17-6-9-21(10-7-17)27(29)30/h1-14H,(H,26,28)/b19-14+. The third-order valence-electron chi connectivity index (χ3n) is 4.65. The number of fused-ring (bicyclic) bond motifs is 1. The predicted molar refractivity (Wildman–Crippen MR) is 117 cm³/mol. The molecule has 1 aromatic heterocycles. The molecule has 1 amide bonds. The van der Waals surface area contributed by atoms with Gasteiger partial charge in [-0.25, -0.2) is 0 Å². The van der Waals surface area contributed by atoms with Crippen LogP contribution in [0.3, 0.4) is 0 Å². The van der Waals surface area contributed by atoms with Crippen molar-refractivity contribution in [1.82, 2.24) is 0 Å². The molecule has 0 unspecified atom stereocenters. The number of nitro groups is 1. The molecule has 1 heterocycles. The quantitative estimate of drug-likeness (QED) is 0.201. The average molecular weight is 409 g/mol. The number of rotatable bonds is 5. The summed E-state index contributed by atoms with van der Waals surface area (Å²) in [5, 5.41) is 24.9. The maximum Gasteiger partial charge on any atom is 0.269 e. The fourth-order valence-electron chi connectivity index (χ4n) is 3.09. The van der Waals surface area contributed by atoms with Crippen molar-refractivity contribution in [2.24, 2.45) is 0 Å². The van der Waals surface area contributed by atoms with E-state index >= 15 is 0 Å². The van der Waals surface area contributed by atoms with Crippen LogP contribution in [0.1, 0.15) is 5.76 Å². The van der Waals surface area contributed by atoms with Crippen LogP contribution in [0.25, 0.3) is 28.2 Å². The molecular formula is C24H15N3O4. The van der Waals surface area contributed by atoms with Gasteiger partial charge in [-0.05, 0) is 47.2 Å². The van der Waals surface area contributed by atoms with E-state index in [2.05, 4.69) is 5.32 Å². The second-order valence-electron chi connectivity index (χ2n) is 6.69. The molecule has 0 spiro atoms. The van der Waals surface area contributed by atoms with E-state index in [1.165, 1.54) is 18.2 Å². The zero-order valence-electron chi connectivity index (χ0n) is 16.1. The molecule has 0 saturated carbocycles. The lowest BCUT2D eigenvalue weighted by molar-refractivity contribution is -0.384. The lowest BCUT2D eigenvalue weighted by Gasteiger charge is -2.05. The number of hydrogen-bond donors (Lipinski definition) is 1. The van der Waals surface area contributed by atoms with E-state index in [0.29, 0.717) is 22.8 Å². The Hall–Kier alpha value is -4.70. The largest absolute Gasteiger partial charge is 0.457 e. The van der Waals surface area contributed by atoms with E-state index in [4.69, 9.17) is 4.42 Å². The third kappa shape index (κ3) is 4.33. The molecule has 0 saturated heterocycles. The normalized spacial score (nSPS) is 11.1. The van der Waals surface area contributed by atoms with Crippen molar-refractivity contribution in [3.63, 3.8) is 0 Å². The number of carbonyl (C=O) groups is 1. The molecule has 0 fully saturated rings. The molecule has 3 aromatic carbocycles. The van der Waals surface area contributed by atoms with Crippen molar-refractivity contribution in [2.75, 3.05) is 5.32 Å². The van der Waals surface area contributed by atoms with Gasteiger partial charge >= 0.3 is 0 Å². The Kier molecular flexibility index (Phi) is 5.28. The van der Waals surface area contributed by atoms with E-state index < -0.39 is 10.8 Å². The van der Waals surface area contributed by atoms with Gasteiger partial charge in [0.15, 0.2) is 0 Å². The lowest BCUT2D eigenvalue weighted by Crippen LogP contribution is -2.13. The zero-order chi connectivity index (χ0) is 21.8. The molecule has 4 rings (SSSR count). The molecule has 31 heavy (non-hydrogen) atoms. The first-order chi connectivity index (χ1) is 15.0. The molecule has 0 radical (unpaired) electrons. The molecule has 4 aromatic rings. The van der Waals surface area contributed by atoms with E-state index in [1.54, 1.807) is 30.3 Å². The summed E-state index contributed by atoms with van der Waals surface area (Å²) >= 11 is 0. The second-order valence-corrected chi connectivity index (χ2v) is 6.69. The average Bonchev–Trinajstić information content (AvgIpc) is 3.26. The lowest BCUT2D eigenvalue weighted by atomic mass is 10.1. The van der Waals surface area contributed by atoms with Crippen molar-refractivity contribution in [3.8, 4) is 17.4 Å². The van der Waals surface area contributed by atoms with E-state index in [-0.39, 0.29) is 11.3 Å². The van der Waals surface area contributed by atoms with Crippen LogP contribution in [-0.4, -0.2) is 10.8 Å². The van der Waals surface area contributed by atoms with Crippen LogP contribution in [-0.2, 0) is 4.79 Å². The molecule has 0 aliphatic heterocycles. The van der Waals surface area contributed by atoms with Crippen LogP contribution in [0.2, 0.25) is 0 Å². The van der Waals surface area contributed by atoms with Gasteiger partial charge in [-0.2, -0.15) is 5.26 Å². The summed E-state index contributed by atoms with van der Waals surface area (Å²) in [7, 11) is 0. The number of nitriles is 1. The number of hydrogen-bond acceptors (Lipinski definition) is 5. The van der Waals surface area contributed by atoms with Crippen LogP contribution in [0.5, 0.6) is 0 Å². The van der Waals surface area contributed by atoms with E-state index in [0.717, 1.165) is 10.8 Å². The Morgan fingerprint density at radius 2 is 1.74 bits per heavy atom. The van der Waals surface area contributed by atoms with Crippen molar-refractivity contribution >= 4 is 34.1 Å². The van der Waals surface area contributed by atoms with Gasteiger partial charge in [0.1, 0.15) is 23.2 Å². The number of anilines is 1. The van der Waals surface area contributed by atoms with Crippen LogP contribution in [0.4, 0.5) is 11.4 Å². The van der Waals surface area contributed by atoms with Gasteiger partial charge < -0.3 is 9.73 Å². The summed E-state index contributed by atoms with van der Waals surface area (Å²) < 4.78 is 5.68. The fraction of sp³-hybridized carbons (Fsp3) is 0. The Balaban J connectivity index is 1.53. The van der Waals surface area contributed by atoms with Crippen LogP contribution < -0.4 is 5.32 Å². The summed E-state index contributed by atoms with van der Waals surface area (Å²) in [6.45, 7) is 0. The molecule has 0 bridgehead atoms. The van der Waals surface area contributed by atoms with Gasteiger partial charge in [0, 0.05) is 29.5 Å². The number of non-ortho nitro benzene ring substituents is 1. The molecular weight excluding hydrogens is 394 g/mol. The maximum absolute atomic E-state index is 12.6. The monoisotopic (exact) mass is 409 g/mol. The Bertz CT molecular complexity index is 1360. The molecule has 1 N–H and O–H groups in total. The van der Waals surface area contributed by atoms with Crippen molar-refractivity contribution in [2.45, 2.75) is 0 Å².